The molecule has 0 aliphatic carbocycles. The van der Waals surface area contributed by atoms with Crippen molar-refractivity contribution in [3.8, 4) is 0 Å². The van der Waals surface area contributed by atoms with Crippen LogP contribution < -0.4 is 16.0 Å². The van der Waals surface area contributed by atoms with E-state index in [1.165, 1.54) is 0 Å². The number of likely N-dealkylation sites (N-methyl/N-ethyl adjacent to an activating group) is 1. The maximum absolute atomic E-state index is 13.6. The fourth-order valence-corrected chi connectivity index (χ4v) is 4.79. The van der Waals surface area contributed by atoms with Crippen LogP contribution >= 0.6 is 0 Å². The van der Waals surface area contributed by atoms with Gasteiger partial charge in [0, 0.05) is 35.1 Å². The van der Waals surface area contributed by atoms with Gasteiger partial charge in [-0.25, -0.2) is 0 Å². The second kappa shape index (κ2) is 10.6. The average Bonchev–Trinajstić information content (AvgIpc) is 3.08. The zero-order chi connectivity index (χ0) is 26.7. The molecule has 0 saturated heterocycles. The minimum Gasteiger partial charge on any atom is -0.368 e. The van der Waals surface area contributed by atoms with Gasteiger partial charge >= 0.3 is 0 Å². The Balaban J connectivity index is 1.56. The van der Waals surface area contributed by atoms with E-state index in [9.17, 15) is 14.4 Å². The van der Waals surface area contributed by atoms with E-state index in [0.717, 1.165) is 29.7 Å². The molecule has 3 aromatic carbocycles. The van der Waals surface area contributed by atoms with Gasteiger partial charge in [0.25, 0.3) is 11.8 Å². The Morgan fingerprint density at radius 3 is 2.30 bits per heavy atom. The molecular formula is C30H34N4O3. The van der Waals surface area contributed by atoms with Crippen molar-refractivity contribution >= 4 is 29.1 Å². The predicted molar refractivity (Wildman–Crippen MR) is 147 cm³/mol. The minimum absolute atomic E-state index is 0.0597. The highest BCUT2D eigenvalue weighted by molar-refractivity contribution is 6.08. The maximum Gasteiger partial charge on any atom is 0.258 e. The topological polar surface area (TPSA) is 95.7 Å². The number of anilines is 2. The fourth-order valence-electron chi connectivity index (χ4n) is 4.79. The molecule has 3 N–H and O–H groups in total. The maximum atomic E-state index is 13.6. The highest BCUT2D eigenvalue weighted by Gasteiger charge is 2.38. The van der Waals surface area contributed by atoms with Gasteiger partial charge < -0.3 is 16.0 Å². The lowest BCUT2D eigenvalue weighted by atomic mass is 9.93. The van der Waals surface area contributed by atoms with E-state index in [1.54, 1.807) is 35.2 Å². The quantitative estimate of drug-likeness (QED) is 0.504. The number of primary amides is 1. The SMILES string of the molecule is Cc1ccccc1C(=O)Nc1ccc(C(=O)N2CCCC(N(C)C(C)(C)C(N)=O)c3ccccc32)cc1. The molecule has 0 saturated carbocycles. The molecule has 1 aliphatic rings. The Kier molecular flexibility index (Phi) is 7.45. The van der Waals surface area contributed by atoms with Crippen molar-refractivity contribution in [1.29, 1.82) is 0 Å². The third-order valence-corrected chi connectivity index (χ3v) is 7.42. The van der Waals surface area contributed by atoms with Crippen LogP contribution in [0.15, 0.2) is 72.8 Å². The van der Waals surface area contributed by atoms with E-state index in [4.69, 9.17) is 5.73 Å². The molecule has 192 valence electrons. The Labute approximate surface area is 218 Å². The average molecular weight is 499 g/mol. The van der Waals surface area contributed by atoms with E-state index in [-0.39, 0.29) is 23.8 Å². The highest BCUT2D eigenvalue weighted by Crippen LogP contribution is 2.39. The molecule has 37 heavy (non-hydrogen) atoms. The second-order valence-corrected chi connectivity index (χ2v) is 10.1. The van der Waals surface area contributed by atoms with Crippen LogP contribution in [-0.4, -0.2) is 41.8 Å². The van der Waals surface area contributed by atoms with Crippen molar-refractivity contribution in [2.24, 2.45) is 5.73 Å². The van der Waals surface area contributed by atoms with Crippen molar-refractivity contribution in [2.45, 2.75) is 45.2 Å². The van der Waals surface area contributed by atoms with Gasteiger partial charge in [-0.15, -0.1) is 0 Å². The van der Waals surface area contributed by atoms with Crippen LogP contribution in [0.25, 0.3) is 0 Å². The van der Waals surface area contributed by atoms with Crippen LogP contribution in [0.5, 0.6) is 0 Å². The number of para-hydroxylation sites is 1. The third kappa shape index (κ3) is 5.27. The normalized spacial score (nSPS) is 15.6. The molecule has 0 radical (unpaired) electrons. The van der Waals surface area contributed by atoms with E-state index in [2.05, 4.69) is 5.32 Å². The largest absolute Gasteiger partial charge is 0.368 e. The molecule has 7 nitrogen and oxygen atoms in total. The molecule has 1 aliphatic heterocycles. The number of rotatable bonds is 6. The molecule has 0 bridgehead atoms. The second-order valence-electron chi connectivity index (χ2n) is 10.1. The molecule has 0 spiro atoms. The summed E-state index contributed by atoms with van der Waals surface area (Å²) in [6.45, 7) is 6.10. The van der Waals surface area contributed by atoms with Crippen LogP contribution in [0, 0.1) is 6.92 Å². The van der Waals surface area contributed by atoms with Crippen molar-refractivity contribution < 1.29 is 14.4 Å². The van der Waals surface area contributed by atoms with Gasteiger partial charge in [0.1, 0.15) is 0 Å². The van der Waals surface area contributed by atoms with Gasteiger partial charge in [-0.2, -0.15) is 0 Å². The molecule has 1 heterocycles. The number of carbonyl (C=O) groups is 3. The van der Waals surface area contributed by atoms with Gasteiger partial charge in [-0.05, 0) is 88.2 Å². The van der Waals surface area contributed by atoms with Crippen molar-refractivity contribution in [3.05, 3.63) is 95.1 Å². The number of benzene rings is 3. The van der Waals surface area contributed by atoms with Crippen LogP contribution in [0.4, 0.5) is 11.4 Å². The third-order valence-electron chi connectivity index (χ3n) is 7.42. The summed E-state index contributed by atoms with van der Waals surface area (Å²) in [6.07, 6.45) is 1.56. The van der Waals surface area contributed by atoms with Crippen LogP contribution in [0.3, 0.4) is 0 Å². The first-order chi connectivity index (χ1) is 17.6. The molecule has 3 aromatic rings. The first-order valence-corrected chi connectivity index (χ1v) is 12.5. The number of carbonyl (C=O) groups excluding carboxylic acids is 3. The predicted octanol–water partition coefficient (Wildman–Crippen LogP) is 4.92. The number of amides is 3. The standard InChI is InChI=1S/C30H34N4O3/c1-20-10-5-6-11-23(20)27(35)32-22-17-15-21(16-18-22)28(36)34-19-9-14-25(24-12-7-8-13-26(24)34)33(4)30(2,3)29(31)37/h5-8,10-13,15-18,25H,9,14,19H2,1-4H3,(H2,31,37)(H,32,35). The summed E-state index contributed by atoms with van der Waals surface area (Å²) in [6, 6.07) is 22.2. The molecular weight excluding hydrogens is 464 g/mol. The molecule has 1 unspecified atom stereocenters. The summed E-state index contributed by atoms with van der Waals surface area (Å²) in [7, 11) is 1.91. The first kappa shape index (κ1) is 26.1. The highest BCUT2D eigenvalue weighted by atomic mass is 16.2. The fraction of sp³-hybridized carbons (Fsp3) is 0.300. The van der Waals surface area contributed by atoms with Gasteiger partial charge in [-0.1, -0.05) is 36.4 Å². The Morgan fingerprint density at radius 2 is 1.62 bits per heavy atom. The van der Waals surface area contributed by atoms with Crippen molar-refractivity contribution in [2.75, 3.05) is 23.8 Å². The lowest BCUT2D eigenvalue weighted by Gasteiger charge is -2.39. The molecule has 1 atom stereocenters. The van der Waals surface area contributed by atoms with Gasteiger partial charge in [-0.3, -0.25) is 19.3 Å². The van der Waals surface area contributed by atoms with E-state index < -0.39 is 5.54 Å². The Hall–Kier alpha value is -3.97. The number of nitrogens with one attached hydrogen (secondary N) is 1. The number of aryl methyl sites for hydroxylation is 1. The summed E-state index contributed by atoms with van der Waals surface area (Å²) in [5.74, 6) is -0.686. The molecule has 0 fully saturated rings. The molecule has 0 aromatic heterocycles. The number of hydrogen-bond acceptors (Lipinski definition) is 4. The Morgan fingerprint density at radius 1 is 0.973 bits per heavy atom. The number of nitrogens with zero attached hydrogens (tertiary/aromatic N) is 2. The van der Waals surface area contributed by atoms with Crippen LogP contribution in [0.2, 0.25) is 0 Å². The van der Waals surface area contributed by atoms with Crippen LogP contribution in [-0.2, 0) is 4.79 Å². The number of nitrogens with two attached hydrogens (primary N) is 1. The van der Waals surface area contributed by atoms with Gasteiger partial charge in [0.05, 0.1) is 5.54 Å². The van der Waals surface area contributed by atoms with Crippen molar-refractivity contribution in [1.82, 2.24) is 4.90 Å². The molecule has 4 rings (SSSR count). The zero-order valence-electron chi connectivity index (χ0n) is 21.8. The summed E-state index contributed by atoms with van der Waals surface area (Å²) < 4.78 is 0. The summed E-state index contributed by atoms with van der Waals surface area (Å²) in [5.41, 5.74) is 9.36. The van der Waals surface area contributed by atoms with E-state index in [1.807, 2.05) is 75.2 Å². The van der Waals surface area contributed by atoms with E-state index in [0.29, 0.717) is 23.4 Å². The number of fused-ring (bicyclic) bond motifs is 1. The smallest absolute Gasteiger partial charge is 0.258 e. The summed E-state index contributed by atoms with van der Waals surface area (Å²) >= 11 is 0. The molecule has 3 amide bonds. The summed E-state index contributed by atoms with van der Waals surface area (Å²) in [5, 5.41) is 2.90. The summed E-state index contributed by atoms with van der Waals surface area (Å²) in [4.78, 5) is 42.3. The van der Waals surface area contributed by atoms with Crippen LogP contribution in [0.1, 0.15) is 64.6 Å². The lowest BCUT2D eigenvalue weighted by molar-refractivity contribution is -0.129. The number of hydrogen-bond donors (Lipinski definition) is 2. The lowest BCUT2D eigenvalue weighted by Crippen LogP contribution is -2.52. The molecule has 7 heteroatoms. The van der Waals surface area contributed by atoms with Gasteiger partial charge in [0.2, 0.25) is 5.91 Å². The minimum atomic E-state index is -0.838. The zero-order valence-corrected chi connectivity index (χ0v) is 21.8. The van der Waals surface area contributed by atoms with Gasteiger partial charge in [0.15, 0.2) is 0 Å². The Bertz CT molecular complexity index is 1320. The monoisotopic (exact) mass is 498 g/mol. The van der Waals surface area contributed by atoms with Crippen molar-refractivity contribution in [3.63, 3.8) is 0 Å². The van der Waals surface area contributed by atoms with E-state index >= 15 is 0 Å². The first-order valence-electron chi connectivity index (χ1n) is 12.5.